The monoisotopic (exact) mass is 400 g/mol. The summed E-state index contributed by atoms with van der Waals surface area (Å²) in [4.78, 5) is 9.44. The molecule has 0 fully saturated rings. The molecular weight excluding hydrogens is 376 g/mol. The van der Waals surface area contributed by atoms with Crippen LogP contribution in [-0.2, 0) is 0 Å². The van der Waals surface area contributed by atoms with E-state index in [9.17, 15) is 0 Å². The summed E-state index contributed by atoms with van der Waals surface area (Å²) < 4.78 is 0. The van der Waals surface area contributed by atoms with Crippen LogP contribution in [0.2, 0.25) is 0 Å². The molecule has 2 heteroatoms. The van der Waals surface area contributed by atoms with Gasteiger partial charge in [-0.3, -0.25) is 0 Å². The molecule has 31 heavy (non-hydrogen) atoms. The molecule has 0 unspecified atom stereocenters. The molecule has 1 aliphatic rings. The molecule has 0 aliphatic heterocycles. The first-order chi connectivity index (χ1) is 15.3. The van der Waals surface area contributed by atoms with Crippen LogP contribution in [0.1, 0.15) is 24.2 Å². The number of benzene rings is 3. The molecule has 1 heterocycles. The van der Waals surface area contributed by atoms with Crippen molar-refractivity contribution < 1.29 is 0 Å². The summed E-state index contributed by atoms with van der Waals surface area (Å²) >= 11 is 0. The van der Waals surface area contributed by atoms with E-state index in [-0.39, 0.29) is 0 Å². The van der Waals surface area contributed by atoms with Gasteiger partial charge in [0, 0.05) is 11.1 Å². The third-order valence-electron chi connectivity index (χ3n) is 5.61. The lowest BCUT2D eigenvalue weighted by Crippen LogP contribution is -1.95. The molecule has 0 radical (unpaired) electrons. The summed E-state index contributed by atoms with van der Waals surface area (Å²) in [5, 5.41) is 0. The van der Waals surface area contributed by atoms with Crippen LogP contribution in [0.25, 0.3) is 39.2 Å². The fraction of sp³-hybridized carbons (Fsp3) is 0.103. The lowest BCUT2D eigenvalue weighted by Gasteiger charge is -2.10. The van der Waals surface area contributed by atoms with Gasteiger partial charge < -0.3 is 0 Å². The van der Waals surface area contributed by atoms with E-state index in [4.69, 9.17) is 9.97 Å². The van der Waals surface area contributed by atoms with E-state index >= 15 is 0 Å². The second kappa shape index (κ2) is 8.53. The second-order valence-electron chi connectivity index (χ2n) is 7.85. The largest absolute Gasteiger partial charge is 0.233 e. The minimum Gasteiger partial charge on any atom is -0.233 e. The van der Waals surface area contributed by atoms with Crippen molar-refractivity contribution in [3.63, 3.8) is 0 Å². The molecule has 150 valence electrons. The van der Waals surface area contributed by atoms with Crippen LogP contribution in [0, 0.1) is 6.92 Å². The van der Waals surface area contributed by atoms with Gasteiger partial charge in [0.05, 0.1) is 11.4 Å². The Morgan fingerprint density at radius 2 is 1.26 bits per heavy atom. The summed E-state index contributed by atoms with van der Waals surface area (Å²) in [7, 11) is 0. The predicted molar refractivity (Wildman–Crippen MR) is 129 cm³/mol. The Bertz CT molecular complexity index is 1270. The molecule has 0 saturated heterocycles. The van der Waals surface area contributed by atoms with Gasteiger partial charge in [0.15, 0.2) is 0 Å². The highest BCUT2D eigenvalue weighted by Gasteiger charge is 2.09. The molecule has 0 atom stereocenters. The SMILES string of the molecule is Cc1nc(-c2ccc(C3=CCCC=C3)cc2)cc(-c2cccc(-c3ccccc3)c2)n1. The Kier molecular flexibility index (Phi) is 5.28. The van der Waals surface area contributed by atoms with E-state index in [0.29, 0.717) is 0 Å². The summed E-state index contributed by atoms with van der Waals surface area (Å²) in [5.74, 6) is 0.777. The quantitative estimate of drug-likeness (QED) is 0.354. The standard InChI is InChI=1S/C29H24N2/c1-21-30-28(25-17-15-24(16-18-25)22-9-4-2-5-10-22)20-29(31-21)27-14-8-13-26(19-27)23-11-6-3-7-12-23/h3-4,6-20H,2,5H2,1H3. The molecule has 0 saturated carbocycles. The molecule has 0 N–H and O–H groups in total. The van der Waals surface area contributed by atoms with Crippen LogP contribution >= 0.6 is 0 Å². The van der Waals surface area contributed by atoms with Crippen LogP contribution in [0.3, 0.4) is 0 Å². The zero-order valence-electron chi connectivity index (χ0n) is 17.6. The molecule has 1 aromatic heterocycles. The van der Waals surface area contributed by atoms with Crippen molar-refractivity contribution >= 4 is 5.57 Å². The number of allylic oxidation sites excluding steroid dienone is 4. The third kappa shape index (κ3) is 4.24. The first-order valence-electron chi connectivity index (χ1n) is 10.8. The van der Waals surface area contributed by atoms with Gasteiger partial charge in [0.2, 0.25) is 0 Å². The smallest absolute Gasteiger partial charge is 0.126 e. The third-order valence-corrected chi connectivity index (χ3v) is 5.61. The Labute approximate surface area is 183 Å². The average Bonchev–Trinajstić information content (AvgIpc) is 2.85. The number of rotatable bonds is 4. The van der Waals surface area contributed by atoms with Gasteiger partial charge in [-0.2, -0.15) is 0 Å². The normalized spacial score (nSPS) is 13.1. The van der Waals surface area contributed by atoms with E-state index in [1.54, 1.807) is 0 Å². The maximum absolute atomic E-state index is 4.73. The van der Waals surface area contributed by atoms with Crippen LogP contribution < -0.4 is 0 Å². The van der Waals surface area contributed by atoms with Crippen LogP contribution in [0.5, 0.6) is 0 Å². The number of nitrogens with zero attached hydrogens (tertiary/aromatic N) is 2. The average molecular weight is 401 g/mol. The number of hydrogen-bond acceptors (Lipinski definition) is 2. The lowest BCUT2D eigenvalue weighted by atomic mass is 9.97. The number of aromatic nitrogens is 2. The summed E-state index contributed by atoms with van der Waals surface area (Å²) in [5.41, 5.74) is 9.05. The first-order valence-corrected chi connectivity index (χ1v) is 10.8. The molecule has 4 aromatic rings. The first kappa shape index (κ1) is 19.2. The fourth-order valence-corrected chi connectivity index (χ4v) is 4.01. The van der Waals surface area contributed by atoms with Gasteiger partial charge in [-0.15, -0.1) is 0 Å². The van der Waals surface area contributed by atoms with E-state index < -0.39 is 0 Å². The summed E-state index contributed by atoms with van der Waals surface area (Å²) in [6.07, 6.45) is 9.01. The molecule has 1 aliphatic carbocycles. The van der Waals surface area contributed by atoms with Crippen molar-refractivity contribution in [1.82, 2.24) is 9.97 Å². The molecule has 0 bridgehead atoms. The van der Waals surface area contributed by atoms with Gasteiger partial charge >= 0.3 is 0 Å². The topological polar surface area (TPSA) is 25.8 Å². The van der Waals surface area contributed by atoms with Crippen LogP contribution in [-0.4, -0.2) is 9.97 Å². The number of hydrogen-bond donors (Lipinski definition) is 0. The molecular formula is C29H24N2. The molecule has 0 spiro atoms. The Hall–Kier alpha value is -3.78. The summed E-state index contributed by atoms with van der Waals surface area (Å²) in [6, 6.07) is 29.8. The highest BCUT2D eigenvalue weighted by molar-refractivity contribution is 5.77. The molecule has 5 rings (SSSR count). The summed E-state index contributed by atoms with van der Waals surface area (Å²) in [6.45, 7) is 1.96. The zero-order chi connectivity index (χ0) is 21.0. The van der Waals surface area contributed by atoms with Gasteiger partial charge in [-0.05, 0) is 54.2 Å². The highest BCUT2D eigenvalue weighted by atomic mass is 14.9. The minimum atomic E-state index is 0.777. The maximum atomic E-state index is 4.73. The van der Waals surface area contributed by atoms with Crippen LogP contribution in [0.15, 0.2) is 103 Å². The lowest BCUT2D eigenvalue weighted by molar-refractivity contribution is 1.04. The van der Waals surface area contributed by atoms with Gasteiger partial charge in [0.25, 0.3) is 0 Å². The molecule has 3 aromatic carbocycles. The zero-order valence-corrected chi connectivity index (χ0v) is 17.6. The van der Waals surface area contributed by atoms with Crippen molar-refractivity contribution in [2.45, 2.75) is 19.8 Å². The van der Waals surface area contributed by atoms with Gasteiger partial charge in [0.1, 0.15) is 5.82 Å². The van der Waals surface area contributed by atoms with Crippen LogP contribution in [0.4, 0.5) is 0 Å². The van der Waals surface area contributed by atoms with Crippen molar-refractivity contribution in [3.05, 3.63) is 115 Å². The van der Waals surface area contributed by atoms with Crippen molar-refractivity contribution in [1.29, 1.82) is 0 Å². The Morgan fingerprint density at radius 3 is 2.00 bits per heavy atom. The fourth-order valence-electron chi connectivity index (χ4n) is 4.01. The van der Waals surface area contributed by atoms with E-state index in [0.717, 1.165) is 41.2 Å². The van der Waals surface area contributed by atoms with Crippen molar-refractivity contribution in [3.8, 4) is 33.6 Å². The Balaban J connectivity index is 1.49. The van der Waals surface area contributed by atoms with Crippen molar-refractivity contribution in [2.24, 2.45) is 0 Å². The molecule has 2 nitrogen and oxygen atoms in total. The van der Waals surface area contributed by atoms with E-state index in [1.807, 2.05) is 13.0 Å². The van der Waals surface area contributed by atoms with Crippen molar-refractivity contribution in [2.75, 3.05) is 0 Å². The second-order valence-corrected chi connectivity index (χ2v) is 7.85. The number of aryl methyl sites for hydroxylation is 1. The van der Waals surface area contributed by atoms with Gasteiger partial charge in [-0.25, -0.2) is 9.97 Å². The van der Waals surface area contributed by atoms with E-state index in [2.05, 4.69) is 97.1 Å². The minimum absolute atomic E-state index is 0.777. The van der Waals surface area contributed by atoms with E-state index in [1.165, 1.54) is 22.3 Å². The van der Waals surface area contributed by atoms with Gasteiger partial charge in [-0.1, -0.05) is 91.0 Å². The Morgan fingerprint density at radius 1 is 0.581 bits per heavy atom. The maximum Gasteiger partial charge on any atom is 0.126 e. The predicted octanol–water partition coefficient (Wildman–Crippen LogP) is 7.52. The highest BCUT2D eigenvalue weighted by Crippen LogP contribution is 2.29. The molecule has 0 amide bonds.